The quantitative estimate of drug-likeness (QED) is 0.816. The van der Waals surface area contributed by atoms with Gasteiger partial charge in [-0.2, -0.15) is 8.78 Å². The van der Waals surface area contributed by atoms with Crippen molar-refractivity contribution < 1.29 is 18.3 Å². The van der Waals surface area contributed by atoms with Gasteiger partial charge in [-0.1, -0.05) is 25.3 Å². The van der Waals surface area contributed by atoms with Crippen LogP contribution in [0.4, 0.5) is 14.7 Å². The van der Waals surface area contributed by atoms with Crippen LogP contribution in [0.5, 0.6) is 11.5 Å². The van der Waals surface area contributed by atoms with Gasteiger partial charge in [-0.15, -0.1) is 5.10 Å². The van der Waals surface area contributed by atoms with Gasteiger partial charge in [0.1, 0.15) is 6.33 Å². The summed E-state index contributed by atoms with van der Waals surface area (Å²) in [4.78, 5) is 4.29. The standard InChI is InChI=1S/C17H22F2N4O2/c1-24-15-9-12(7-8-14(15)25-16(18)19)10-20-17-21-11-23(22-17)13-5-3-2-4-6-13/h7-9,11,13,16H,2-6,10H2,1H3,(H,20,22). The summed E-state index contributed by atoms with van der Waals surface area (Å²) in [5.74, 6) is 0.832. The van der Waals surface area contributed by atoms with Gasteiger partial charge >= 0.3 is 6.61 Å². The Morgan fingerprint density at radius 2 is 2.04 bits per heavy atom. The van der Waals surface area contributed by atoms with Crippen molar-refractivity contribution >= 4 is 5.95 Å². The fraction of sp³-hybridized carbons (Fsp3) is 0.529. The molecule has 3 rings (SSSR count). The lowest BCUT2D eigenvalue weighted by Gasteiger charge is -2.21. The highest BCUT2D eigenvalue weighted by Gasteiger charge is 2.16. The van der Waals surface area contributed by atoms with E-state index >= 15 is 0 Å². The lowest BCUT2D eigenvalue weighted by atomic mass is 9.96. The maximum Gasteiger partial charge on any atom is 0.387 e. The van der Waals surface area contributed by atoms with E-state index in [1.807, 2.05) is 4.68 Å². The van der Waals surface area contributed by atoms with Gasteiger partial charge < -0.3 is 14.8 Å². The zero-order chi connectivity index (χ0) is 17.6. The van der Waals surface area contributed by atoms with Crippen LogP contribution in [0.2, 0.25) is 0 Å². The van der Waals surface area contributed by atoms with Crippen molar-refractivity contribution in [2.24, 2.45) is 0 Å². The summed E-state index contributed by atoms with van der Waals surface area (Å²) < 4.78 is 36.2. The molecule has 1 aliphatic rings. The number of benzene rings is 1. The molecule has 6 nitrogen and oxygen atoms in total. The van der Waals surface area contributed by atoms with Crippen LogP contribution in [0.1, 0.15) is 43.7 Å². The minimum absolute atomic E-state index is 0.0148. The van der Waals surface area contributed by atoms with Crippen LogP contribution in [0.25, 0.3) is 0 Å². The van der Waals surface area contributed by atoms with Crippen molar-refractivity contribution in [3.8, 4) is 11.5 Å². The smallest absolute Gasteiger partial charge is 0.387 e. The number of nitrogens with one attached hydrogen (secondary N) is 1. The monoisotopic (exact) mass is 352 g/mol. The number of aromatic nitrogens is 3. The Bertz CT molecular complexity index is 687. The molecule has 0 saturated heterocycles. The molecule has 0 radical (unpaired) electrons. The van der Waals surface area contributed by atoms with Crippen molar-refractivity contribution in [1.82, 2.24) is 14.8 Å². The van der Waals surface area contributed by atoms with Crippen molar-refractivity contribution in [1.29, 1.82) is 0 Å². The summed E-state index contributed by atoms with van der Waals surface area (Å²) in [5.41, 5.74) is 0.854. The number of nitrogens with zero attached hydrogens (tertiary/aromatic N) is 3. The summed E-state index contributed by atoms with van der Waals surface area (Å²) in [6.07, 6.45) is 7.82. The van der Waals surface area contributed by atoms with Crippen LogP contribution in [0.15, 0.2) is 24.5 Å². The number of methoxy groups -OCH3 is 1. The minimum atomic E-state index is -2.88. The molecular formula is C17H22F2N4O2. The average Bonchev–Trinajstić information content (AvgIpc) is 3.10. The van der Waals surface area contributed by atoms with E-state index in [9.17, 15) is 8.78 Å². The fourth-order valence-corrected chi connectivity index (χ4v) is 3.07. The Balaban J connectivity index is 1.60. The third-order valence-corrected chi connectivity index (χ3v) is 4.35. The normalized spacial score (nSPS) is 15.4. The van der Waals surface area contributed by atoms with E-state index in [2.05, 4.69) is 20.1 Å². The number of ether oxygens (including phenoxy) is 2. The topological polar surface area (TPSA) is 61.2 Å². The van der Waals surface area contributed by atoms with Gasteiger partial charge in [-0.05, 0) is 30.5 Å². The largest absolute Gasteiger partial charge is 0.493 e. The molecule has 0 atom stereocenters. The lowest BCUT2D eigenvalue weighted by molar-refractivity contribution is -0.0512. The zero-order valence-electron chi connectivity index (χ0n) is 14.1. The molecule has 8 heteroatoms. The van der Waals surface area contributed by atoms with Crippen LogP contribution < -0.4 is 14.8 Å². The van der Waals surface area contributed by atoms with Gasteiger partial charge in [0.15, 0.2) is 11.5 Å². The second kappa shape index (κ2) is 8.13. The zero-order valence-corrected chi connectivity index (χ0v) is 14.1. The molecule has 0 amide bonds. The lowest BCUT2D eigenvalue weighted by Crippen LogP contribution is -2.13. The Kier molecular flexibility index (Phi) is 5.67. The Morgan fingerprint density at radius 1 is 1.24 bits per heavy atom. The summed E-state index contributed by atoms with van der Waals surface area (Å²) >= 11 is 0. The second-order valence-corrected chi connectivity index (χ2v) is 6.06. The first kappa shape index (κ1) is 17.4. The molecule has 1 aromatic heterocycles. The summed E-state index contributed by atoms with van der Waals surface area (Å²) in [5, 5.41) is 7.63. The van der Waals surface area contributed by atoms with Gasteiger partial charge in [0.05, 0.1) is 13.2 Å². The predicted molar refractivity (Wildman–Crippen MR) is 89.1 cm³/mol. The highest BCUT2D eigenvalue weighted by molar-refractivity contribution is 5.43. The SMILES string of the molecule is COc1cc(CNc2ncn(C3CCCCC3)n2)ccc1OC(F)F. The fourth-order valence-electron chi connectivity index (χ4n) is 3.07. The number of rotatable bonds is 7. The highest BCUT2D eigenvalue weighted by Crippen LogP contribution is 2.30. The summed E-state index contributed by atoms with van der Waals surface area (Å²) in [6, 6.07) is 5.26. The Hall–Kier alpha value is -2.38. The van der Waals surface area contributed by atoms with Crippen molar-refractivity contribution in [3.63, 3.8) is 0 Å². The highest BCUT2D eigenvalue weighted by atomic mass is 19.3. The van der Waals surface area contributed by atoms with Crippen LogP contribution in [0.3, 0.4) is 0 Å². The molecule has 0 spiro atoms. The van der Waals surface area contributed by atoms with Crippen LogP contribution in [-0.2, 0) is 6.54 Å². The van der Waals surface area contributed by atoms with E-state index < -0.39 is 6.61 Å². The molecule has 1 saturated carbocycles. The first-order chi connectivity index (χ1) is 12.2. The molecule has 25 heavy (non-hydrogen) atoms. The van der Waals surface area contributed by atoms with Gasteiger partial charge in [0.2, 0.25) is 5.95 Å². The molecule has 1 aliphatic carbocycles. The first-order valence-corrected chi connectivity index (χ1v) is 8.42. The molecule has 1 N–H and O–H groups in total. The van der Waals surface area contributed by atoms with Gasteiger partial charge in [0, 0.05) is 6.54 Å². The van der Waals surface area contributed by atoms with Gasteiger partial charge in [0.25, 0.3) is 0 Å². The average molecular weight is 352 g/mol. The van der Waals surface area contributed by atoms with Gasteiger partial charge in [-0.3, -0.25) is 0 Å². The number of hydrogen-bond donors (Lipinski definition) is 1. The third kappa shape index (κ3) is 4.58. The third-order valence-electron chi connectivity index (χ3n) is 4.35. The van der Waals surface area contributed by atoms with Crippen LogP contribution in [-0.4, -0.2) is 28.5 Å². The predicted octanol–water partition coefficient (Wildman–Crippen LogP) is 4.01. The molecule has 1 heterocycles. The molecule has 136 valence electrons. The van der Waals surface area contributed by atoms with E-state index in [4.69, 9.17) is 4.74 Å². The number of hydrogen-bond acceptors (Lipinski definition) is 5. The Morgan fingerprint density at radius 3 is 2.76 bits per heavy atom. The maximum absolute atomic E-state index is 12.4. The summed E-state index contributed by atoms with van der Waals surface area (Å²) in [6.45, 7) is -2.43. The minimum Gasteiger partial charge on any atom is -0.493 e. The summed E-state index contributed by atoms with van der Waals surface area (Å²) in [7, 11) is 1.41. The molecule has 1 aromatic carbocycles. The van der Waals surface area contributed by atoms with E-state index in [-0.39, 0.29) is 11.5 Å². The number of halogens is 2. The van der Waals surface area contributed by atoms with Crippen LogP contribution in [0, 0.1) is 0 Å². The van der Waals surface area contributed by atoms with Gasteiger partial charge in [-0.25, -0.2) is 9.67 Å². The molecule has 2 aromatic rings. The maximum atomic E-state index is 12.4. The van der Waals surface area contributed by atoms with E-state index in [0.717, 1.165) is 18.4 Å². The number of alkyl halides is 2. The van der Waals surface area contributed by atoms with E-state index in [0.29, 0.717) is 18.5 Å². The second-order valence-electron chi connectivity index (χ2n) is 6.06. The molecule has 1 fully saturated rings. The van der Waals surface area contributed by atoms with Crippen molar-refractivity contribution in [2.45, 2.75) is 51.3 Å². The van der Waals surface area contributed by atoms with Crippen molar-refractivity contribution in [2.75, 3.05) is 12.4 Å². The van der Waals surface area contributed by atoms with Crippen molar-refractivity contribution in [3.05, 3.63) is 30.1 Å². The van der Waals surface area contributed by atoms with E-state index in [1.165, 1.54) is 32.4 Å². The number of anilines is 1. The molecule has 0 bridgehead atoms. The molecule has 0 aliphatic heterocycles. The van der Waals surface area contributed by atoms with Crippen LogP contribution >= 0.6 is 0 Å². The molecular weight excluding hydrogens is 330 g/mol. The first-order valence-electron chi connectivity index (χ1n) is 8.42. The Labute approximate surface area is 145 Å². The van der Waals surface area contributed by atoms with E-state index in [1.54, 1.807) is 18.5 Å². The molecule has 0 unspecified atom stereocenters.